The summed E-state index contributed by atoms with van der Waals surface area (Å²) in [4.78, 5) is 11.7. The predicted molar refractivity (Wildman–Crippen MR) is 65.4 cm³/mol. The second-order valence-electron chi connectivity index (χ2n) is 3.66. The number of nitrogens with zero attached hydrogens (tertiary/aromatic N) is 2. The van der Waals surface area contributed by atoms with Crippen molar-refractivity contribution in [2.75, 3.05) is 6.54 Å². The van der Waals surface area contributed by atoms with Gasteiger partial charge in [0.15, 0.2) is 0 Å². The van der Waals surface area contributed by atoms with Crippen molar-refractivity contribution >= 4 is 11.3 Å². The van der Waals surface area contributed by atoms with Crippen molar-refractivity contribution in [1.29, 1.82) is 0 Å². The van der Waals surface area contributed by atoms with Crippen LogP contribution in [0.15, 0.2) is 23.3 Å². The molecule has 0 aliphatic rings. The van der Waals surface area contributed by atoms with E-state index in [2.05, 4.69) is 32.6 Å². The minimum atomic E-state index is 0.261. The summed E-state index contributed by atoms with van der Waals surface area (Å²) in [6, 6.07) is 0.261. The third-order valence-electron chi connectivity index (χ3n) is 2.40. The van der Waals surface area contributed by atoms with Crippen molar-refractivity contribution in [2.45, 2.75) is 25.8 Å². The lowest BCUT2D eigenvalue weighted by Gasteiger charge is -2.14. The molecule has 16 heavy (non-hydrogen) atoms. The summed E-state index contributed by atoms with van der Waals surface area (Å²) < 4.78 is 0. The Morgan fingerprint density at radius 3 is 3.06 bits per heavy atom. The zero-order valence-corrected chi connectivity index (χ0v) is 10.1. The number of rotatable bonds is 6. The molecule has 1 atom stereocenters. The van der Waals surface area contributed by atoms with Crippen LogP contribution in [-0.4, -0.2) is 21.5 Å². The van der Waals surface area contributed by atoms with Gasteiger partial charge in [-0.25, -0.2) is 9.97 Å². The molecule has 0 spiro atoms. The molecule has 4 nitrogen and oxygen atoms in total. The van der Waals surface area contributed by atoms with E-state index in [0.29, 0.717) is 0 Å². The molecule has 0 radical (unpaired) electrons. The van der Waals surface area contributed by atoms with Crippen molar-refractivity contribution in [2.24, 2.45) is 0 Å². The summed E-state index contributed by atoms with van der Waals surface area (Å²) in [7, 11) is 0. The van der Waals surface area contributed by atoms with E-state index in [-0.39, 0.29) is 6.04 Å². The van der Waals surface area contributed by atoms with Crippen molar-refractivity contribution in [3.8, 4) is 0 Å². The lowest BCUT2D eigenvalue weighted by molar-refractivity contribution is 0.511. The lowest BCUT2D eigenvalue weighted by atomic mass is 10.1. The minimum Gasteiger partial charge on any atom is -0.349 e. The van der Waals surface area contributed by atoms with Crippen molar-refractivity contribution < 1.29 is 0 Å². The van der Waals surface area contributed by atoms with Crippen molar-refractivity contribution in [3.63, 3.8) is 0 Å². The number of imidazole rings is 1. The Bertz CT molecular complexity index is 382. The van der Waals surface area contributed by atoms with Gasteiger partial charge in [-0.15, -0.1) is 11.3 Å². The summed E-state index contributed by atoms with van der Waals surface area (Å²) in [5, 5.41) is 5.59. The molecule has 0 saturated heterocycles. The maximum atomic E-state index is 4.36. The molecule has 2 aromatic heterocycles. The SMILES string of the molecule is CCCNC(Cc1ncc[nH]1)c1cscn1. The van der Waals surface area contributed by atoms with Crippen LogP contribution < -0.4 is 5.32 Å². The summed E-state index contributed by atoms with van der Waals surface area (Å²) in [5.74, 6) is 1.00. The Morgan fingerprint density at radius 1 is 1.50 bits per heavy atom. The number of H-pyrrole nitrogens is 1. The third-order valence-corrected chi connectivity index (χ3v) is 3.01. The zero-order chi connectivity index (χ0) is 11.2. The van der Waals surface area contributed by atoms with E-state index in [4.69, 9.17) is 0 Å². The van der Waals surface area contributed by atoms with Crippen LogP contribution in [0.5, 0.6) is 0 Å². The van der Waals surface area contributed by atoms with Crippen LogP contribution >= 0.6 is 11.3 Å². The number of thiazole rings is 1. The standard InChI is InChI=1S/C11H16N4S/c1-2-3-12-9(10-7-16-8-15-10)6-11-13-4-5-14-11/h4-5,7-9,12H,2-3,6H2,1H3,(H,13,14). The molecule has 1 unspecified atom stereocenters. The van der Waals surface area contributed by atoms with E-state index in [1.54, 1.807) is 17.5 Å². The van der Waals surface area contributed by atoms with Gasteiger partial charge in [0, 0.05) is 24.2 Å². The van der Waals surface area contributed by atoms with Crippen LogP contribution in [0.3, 0.4) is 0 Å². The molecule has 2 rings (SSSR count). The van der Waals surface area contributed by atoms with E-state index in [1.807, 2.05) is 11.7 Å². The van der Waals surface area contributed by atoms with E-state index in [1.165, 1.54) is 0 Å². The van der Waals surface area contributed by atoms with Gasteiger partial charge in [-0.1, -0.05) is 6.92 Å². The number of hydrogen-bond acceptors (Lipinski definition) is 4. The number of nitrogens with one attached hydrogen (secondary N) is 2. The van der Waals surface area contributed by atoms with Crippen LogP contribution in [0, 0.1) is 0 Å². The molecule has 5 heteroatoms. The third kappa shape index (κ3) is 2.90. The van der Waals surface area contributed by atoms with Gasteiger partial charge in [0.05, 0.1) is 17.2 Å². The average molecular weight is 236 g/mol. The molecule has 0 aliphatic heterocycles. The fourth-order valence-corrected chi connectivity index (χ4v) is 2.20. The van der Waals surface area contributed by atoms with Crippen molar-refractivity contribution in [1.82, 2.24) is 20.3 Å². The molecule has 0 bridgehead atoms. The minimum absolute atomic E-state index is 0.261. The van der Waals surface area contributed by atoms with E-state index < -0.39 is 0 Å². The molecule has 2 aromatic rings. The molecule has 2 N–H and O–H groups in total. The Hall–Kier alpha value is -1.20. The van der Waals surface area contributed by atoms with Gasteiger partial charge in [0.2, 0.25) is 0 Å². The predicted octanol–water partition coefficient (Wildman–Crippen LogP) is 2.15. The monoisotopic (exact) mass is 236 g/mol. The fourth-order valence-electron chi connectivity index (χ4n) is 1.60. The molecular weight excluding hydrogens is 220 g/mol. The second kappa shape index (κ2) is 5.77. The Labute approximate surface area is 99.2 Å². The fraction of sp³-hybridized carbons (Fsp3) is 0.455. The van der Waals surface area contributed by atoms with Gasteiger partial charge in [0.25, 0.3) is 0 Å². The second-order valence-corrected chi connectivity index (χ2v) is 4.38. The molecule has 0 aromatic carbocycles. The molecule has 86 valence electrons. The van der Waals surface area contributed by atoms with Gasteiger partial charge >= 0.3 is 0 Å². The highest BCUT2D eigenvalue weighted by molar-refractivity contribution is 7.07. The number of aromatic amines is 1. The maximum Gasteiger partial charge on any atom is 0.107 e. The first-order valence-corrected chi connectivity index (χ1v) is 6.44. The zero-order valence-electron chi connectivity index (χ0n) is 9.31. The Balaban J connectivity index is 2.03. The largest absolute Gasteiger partial charge is 0.349 e. The maximum absolute atomic E-state index is 4.36. The Kier molecular flexibility index (Phi) is 4.07. The highest BCUT2D eigenvalue weighted by atomic mass is 32.1. The quantitative estimate of drug-likeness (QED) is 0.808. The van der Waals surface area contributed by atoms with Gasteiger partial charge in [-0.2, -0.15) is 0 Å². The first-order chi connectivity index (χ1) is 7.90. The van der Waals surface area contributed by atoms with E-state index >= 15 is 0 Å². The topological polar surface area (TPSA) is 53.6 Å². The molecule has 0 amide bonds. The lowest BCUT2D eigenvalue weighted by Crippen LogP contribution is -2.24. The smallest absolute Gasteiger partial charge is 0.107 e. The summed E-state index contributed by atoms with van der Waals surface area (Å²) >= 11 is 1.63. The Morgan fingerprint density at radius 2 is 2.44 bits per heavy atom. The van der Waals surface area contributed by atoms with Crippen molar-refractivity contribution in [3.05, 3.63) is 34.8 Å². The van der Waals surface area contributed by atoms with Gasteiger partial charge in [-0.05, 0) is 13.0 Å². The average Bonchev–Trinajstić information content (AvgIpc) is 2.96. The molecule has 0 aliphatic carbocycles. The van der Waals surface area contributed by atoms with E-state index in [9.17, 15) is 0 Å². The summed E-state index contributed by atoms with van der Waals surface area (Å²) in [5.41, 5.74) is 2.98. The first kappa shape index (κ1) is 11.3. The van der Waals surface area contributed by atoms with Crippen LogP contribution in [0.1, 0.15) is 30.9 Å². The van der Waals surface area contributed by atoms with Gasteiger partial charge in [0.1, 0.15) is 5.82 Å². The highest BCUT2D eigenvalue weighted by Crippen LogP contribution is 2.16. The van der Waals surface area contributed by atoms with Crippen LogP contribution in [0.2, 0.25) is 0 Å². The number of hydrogen-bond donors (Lipinski definition) is 2. The van der Waals surface area contributed by atoms with Gasteiger partial charge in [-0.3, -0.25) is 0 Å². The van der Waals surface area contributed by atoms with Crippen LogP contribution in [0.25, 0.3) is 0 Å². The summed E-state index contributed by atoms with van der Waals surface area (Å²) in [6.07, 6.45) is 5.62. The van der Waals surface area contributed by atoms with Crippen LogP contribution in [0.4, 0.5) is 0 Å². The molecule has 0 fully saturated rings. The first-order valence-electron chi connectivity index (χ1n) is 5.50. The highest BCUT2D eigenvalue weighted by Gasteiger charge is 2.14. The summed E-state index contributed by atoms with van der Waals surface area (Å²) in [6.45, 7) is 3.17. The van der Waals surface area contributed by atoms with E-state index in [0.717, 1.165) is 30.9 Å². The molecule has 2 heterocycles. The molecule has 0 saturated carbocycles. The molecular formula is C11H16N4S. The van der Waals surface area contributed by atoms with Crippen LogP contribution in [-0.2, 0) is 6.42 Å². The van der Waals surface area contributed by atoms with Gasteiger partial charge < -0.3 is 10.3 Å². The number of aromatic nitrogens is 3. The normalized spacial score (nSPS) is 12.8.